The minimum Gasteiger partial charge on any atom is -0.465 e. The highest BCUT2D eigenvalue weighted by Gasteiger charge is 2.22. The fraction of sp³-hybridized carbons (Fsp3) is 0.412. The van der Waals surface area contributed by atoms with E-state index in [-0.39, 0.29) is 0 Å². The Kier molecular flexibility index (Phi) is 5.00. The van der Waals surface area contributed by atoms with Gasteiger partial charge in [0.2, 0.25) is 0 Å². The van der Waals surface area contributed by atoms with Crippen molar-refractivity contribution in [3.63, 3.8) is 0 Å². The van der Waals surface area contributed by atoms with Crippen LogP contribution in [0.25, 0.3) is 0 Å². The number of nitrogens with zero attached hydrogens (tertiary/aromatic N) is 3. The number of ether oxygens (including phenoxy) is 1. The van der Waals surface area contributed by atoms with Gasteiger partial charge in [-0.25, -0.2) is 4.98 Å². The lowest BCUT2D eigenvalue weighted by Crippen LogP contribution is -2.46. The van der Waals surface area contributed by atoms with Crippen LogP contribution in [-0.2, 0) is 6.54 Å². The summed E-state index contributed by atoms with van der Waals surface area (Å²) in [6.07, 6.45) is 1.69. The molecule has 2 aromatic rings. The van der Waals surface area contributed by atoms with Crippen molar-refractivity contribution < 1.29 is 13.9 Å². The van der Waals surface area contributed by atoms with Crippen molar-refractivity contribution in [3.05, 3.63) is 41.8 Å². The average molecular weight is 330 g/mol. The molecule has 7 nitrogen and oxygen atoms in total. The minimum absolute atomic E-state index is 0.445. The molecule has 7 heteroatoms. The third-order valence-corrected chi connectivity index (χ3v) is 4.03. The maximum absolute atomic E-state index is 11.5. The Bertz CT molecular complexity index is 693. The summed E-state index contributed by atoms with van der Waals surface area (Å²) < 4.78 is 11.0. The number of anilines is 1. The van der Waals surface area contributed by atoms with Crippen molar-refractivity contribution in [3.8, 4) is 5.95 Å². The van der Waals surface area contributed by atoms with E-state index in [9.17, 15) is 4.79 Å². The van der Waals surface area contributed by atoms with Crippen molar-refractivity contribution in [2.45, 2.75) is 13.5 Å². The van der Waals surface area contributed by atoms with E-state index in [4.69, 9.17) is 14.9 Å². The number of primary amides is 1. The summed E-state index contributed by atoms with van der Waals surface area (Å²) in [5, 5.41) is 0. The highest BCUT2D eigenvalue weighted by atomic mass is 16.6. The van der Waals surface area contributed by atoms with E-state index in [0.29, 0.717) is 23.9 Å². The van der Waals surface area contributed by atoms with Gasteiger partial charge in [-0.1, -0.05) is 0 Å². The Balaban J connectivity index is 1.58. The molecule has 0 atom stereocenters. The zero-order valence-corrected chi connectivity index (χ0v) is 13.8. The predicted octanol–water partition coefficient (Wildman–Crippen LogP) is 1.49. The first-order valence-corrected chi connectivity index (χ1v) is 8.11. The molecule has 0 aliphatic carbocycles. The summed E-state index contributed by atoms with van der Waals surface area (Å²) in [5.74, 6) is 1.68. The van der Waals surface area contributed by atoms with Crippen LogP contribution in [0.2, 0.25) is 0 Å². The van der Waals surface area contributed by atoms with E-state index in [2.05, 4.69) is 14.8 Å². The Labute approximate surface area is 141 Å². The van der Waals surface area contributed by atoms with Crippen LogP contribution >= 0.6 is 0 Å². The molecule has 2 N–H and O–H groups in total. The fourth-order valence-corrected chi connectivity index (χ4v) is 2.84. The Morgan fingerprint density at radius 3 is 2.79 bits per heavy atom. The van der Waals surface area contributed by atoms with Gasteiger partial charge in [-0.3, -0.25) is 9.69 Å². The van der Waals surface area contributed by atoms with Gasteiger partial charge in [0.15, 0.2) is 0 Å². The molecule has 0 spiro atoms. The highest BCUT2D eigenvalue weighted by molar-refractivity contribution is 5.97. The van der Waals surface area contributed by atoms with Gasteiger partial charge < -0.3 is 19.8 Å². The monoisotopic (exact) mass is 330 g/mol. The summed E-state index contributed by atoms with van der Waals surface area (Å²) in [6.45, 7) is 6.56. The van der Waals surface area contributed by atoms with Crippen molar-refractivity contribution in [1.29, 1.82) is 0 Å². The van der Waals surface area contributed by atoms with E-state index in [1.807, 2.05) is 19.1 Å². The van der Waals surface area contributed by atoms with Crippen LogP contribution in [0, 0.1) is 0 Å². The molecule has 0 radical (unpaired) electrons. The van der Waals surface area contributed by atoms with E-state index in [1.54, 1.807) is 18.3 Å². The van der Waals surface area contributed by atoms with E-state index >= 15 is 0 Å². The Morgan fingerprint density at radius 1 is 1.29 bits per heavy atom. The summed E-state index contributed by atoms with van der Waals surface area (Å²) in [4.78, 5) is 20.3. The molecular formula is C17H22N4O3. The van der Waals surface area contributed by atoms with Crippen LogP contribution in [0.15, 0.2) is 34.9 Å². The SMILES string of the molecule is CCOc1ccc(CN2CCN(c3ncccc3C(N)=O)CC2)o1. The van der Waals surface area contributed by atoms with Gasteiger partial charge in [-0.2, -0.15) is 0 Å². The largest absolute Gasteiger partial charge is 0.465 e. The number of hydrogen-bond acceptors (Lipinski definition) is 6. The summed E-state index contributed by atoms with van der Waals surface area (Å²) in [5.41, 5.74) is 5.91. The molecule has 0 unspecified atom stereocenters. The number of rotatable bonds is 6. The normalized spacial score (nSPS) is 15.5. The molecule has 2 aromatic heterocycles. The van der Waals surface area contributed by atoms with Crippen molar-refractivity contribution in [2.75, 3.05) is 37.7 Å². The molecule has 1 saturated heterocycles. The standard InChI is InChI=1S/C17H22N4O3/c1-2-23-15-6-5-13(24-15)12-20-8-10-21(11-9-20)17-14(16(18)22)4-3-7-19-17/h3-7H,2,8-12H2,1H3,(H2,18,22). The van der Waals surface area contributed by atoms with Crippen molar-refractivity contribution in [2.24, 2.45) is 5.73 Å². The van der Waals surface area contributed by atoms with Crippen LogP contribution in [0.5, 0.6) is 5.95 Å². The Hall–Kier alpha value is -2.54. The number of carbonyl (C=O) groups excluding carboxylic acids is 1. The fourth-order valence-electron chi connectivity index (χ4n) is 2.84. The lowest BCUT2D eigenvalue weighted by atomic mass is 10.2. The molecular weight excluding hydrogens is 308 g/mol. The van der Waals surface area contributed by atoms with Gasteiger partial charge in [-0.15, -0.1) is 0 Å². The molecule has 3 heterocycles. The van der Waals surface area contributed by atoms with Gasteiger partial charge >= 0.3 is 0 Å². The molecule has 1 amide bonds. The van der Waals surface area contributed by atoms with Crippen LogP contribution < -0.4 is 15.4 Å². The summed E-state index contributed by atoms with van der Waals surface area (Å²) in [7, 11) is 0. The van der Waals surface area contributed by atoms with Gasteiger partial charge in [-0.05, 0) is 25.1 Å². The second kappa shape index (κ2) is 7.35. The second-order valence-corrected chi connectivity index (χ2v) is 5.66. The quantitative estimate of drug-likeness (QED) is 0.864. The first-order valence-electron chi connectivity index (χ1n) is 8.11. The van der Waals surface area contributed by atoms with Crippen molar-refractivity contribution >= 4 is 11.7 Å². The van der Waals surface area contributed by atoms with Gasteiger partial charge in [0, 0.05) is 38.4 Å². The molecule has 24 heavy (non-hydrogen) atoms. The number of carbonyl (C=O) groups is 1. The van der Waals surface area contributed by atoms with E-state index < -0.39 is 5.91 Å². The van der Waals surface area contributed by atoms with Gasteiger partial charge in [0.05, 0.1) is 18.7 Å². The van der Waals surface area contributed by atoms with Crippen LogP contribution in [0.1, 0.15) is 23.0 Å². The molecule has 1 aliphatic heterocycles. The lowest BCUT2D eigenvalue weighted by molar-refractivity contribution is 0.1000. The molecule has 0 saturated carbocycles. The zero-order valence-electron chi connectivity index (χ0n) is 13.8. The van der Waals surface area contributed by atoms with Gasteiger partial charge in [0.1, 0.15) is 11.6 Å². The number of piperazine rings is 1. The molecule has 0 aromatic carbocycles. The van der Waals surface area contributed by atoms with E-state index in [0.717, 1.165) is 38.5 Å². The average Bonchev–Trinajstić information content (AvgIpc) is 3.03. The summed E-state index contributed by atoms with van der Waals surface area (Å²) in [6, 6.07) is 7.24. The molecule has 0 bridgehead atoms. The first-order chi connectivity index (χ1) is 11.7. The molecule has 3 rings (SSSR count). The predicted molar refractivity (Wildman–Crippen MR) is 90.1 cm³/mol. The number of hydrogen-bond donors (Lipinski definition) is 1. The first kappa shape index (κ1) is 16.3. The van der Waals surface area contributed by atoms with E-state index in [1.165, 1.54) is 0 Å². The molecule has 128 valence electrons. The number of pyridine rings is 1. The number of furan rings is 1. The molecule has 1 fully saturated rings. The second-order valence-electron chi connectivity index (χ2n) is 5.66. The lowest BCUT2D eigenvalue weighted by Gasteiger charge is -2.35. The number of amides is 1. The number of aromatic nitrogens is 1. The van der Waals surface area contributed by atoms with Crippen LogP contribution in [0.3, 0.4) is 0 Å². The van der Waals surface area contributed by atoms with Gasteiger partial charge in [0.25, 0.3) is 11.9 Å². The molecule has 1 aliphatic rings. The maximum Gasteiger partial charge on any atom is 0.284 e. The summed E-state index contributed by atoms with van der Waals surface area (Å²) >= 11 is 0. The minimum atomic E-state index is -0.445. The topological polar surface area (TPSA) is 84.8 Å². The third kappa shape index (κ3) is 3.68. The third-order valence-electron chi connectivity index (χ3n) is 4.03. The smallest absolute Gasteiger partial charge is 0.284 e. The zero-order chi connectivity index (χ0) is 16.9. The number of nitrogens with two attached hydrogens (primary N) is 1. The van der Waals surface area contributed by atoms with Crippen molar-refractivity contribution in [1.82, 2.24) is 9.88 Å². The van der Waals surface area contributed by atoms with Crippen LogP contribution in [-0.4, -0.2) is 48.6 Å². The van der Waals surface area contributed by atoms with Crippen LogP contribution in [0.4, 0.5) is 5.82 Å². The maximum atomic E-state index is 11.5. The highest BCUT2D eigenvalue weighted by Crippen LogP contribution is 2.21. The Morgan fingerprint density at radius 2 is 2.08 bits per heavy atom.